The summed E-state index contributed by atoms with van der Waals surface area (Å²) in [6, 6.07) is 6.24. The van der Waals surface area contributed by atoms with Crippen molar-refractivity contribution in [3.05, 3.63) is 36.4 Å². The Morgan fingerprint density at radius 3 is 2.28 bits per heavy atom. The van der Waals surface area contributed by atoms with Crippen molar-refractivity contribution >= 4 is 0 Å². The SMILES string of the molecule is C=CC1(c2ccc(OC)c(OC)c2)CCCCC1. The normalized spacial score (nSPS) is 18.1. The van der Waals surface area contributed by atoms with E-state index in [1.807, 2.05) is 6.07 Å². The van der Waals surface area contributed by atoms with Gasteiger partial charge < -0.3 is 9.47 Å². The third kappa shape index (κ3) is 2.24. The molecule has 0 atom stereocenters. The first-order valence-electron chi connectivity index (χ1n) is 6.62. The molecule has 0 spiro atoms. The third-order valence-electron chi connectivity index (χ3n) is 4.09. The Morgan fingerprint density at radius 2 is 1.72 bits per heavy atom. The van der Waals surface area contributed by atoms with Crippen molar-refractivity contribution in [2.45, 2.75) is 37.5 Å². The van der Waals surface area contributed by atoms with Gasteiger partial charge in [-0.3, -0.25) is 0 Å². The average Bonchev–Trinajstić information content (AvgIpc) is 2.47. The van der Waals surface area contributed by atoms with E-state index in [0.717, 1.165) is 11.5 Å². The number of benzene rings is 1. The fourth-order valence-corrected chi connectivity index (χ4v) is 2.94. The van der Waals surface area contributed by atoms with Crippen LogP contribution < -0.4 is 9.47 Å². The highest BCUT2D eigenvalue weighted by atomic mass is 16.5. The second kappa shape index (κ2) is 5.47. The second-order valence-corrected chi connectivity index (χ2v) is 4.99. The fourth-order valence-electron chi connectivity index (χ4n) is 2.94. The summed E-state index contributed by atoms with van der Waals surface area (Å²) in [6.07, 6.45) is 8.38. The molecular weight excluding hydrogens is 224 g/mol. The van der Waals surface area contributed by atoms with E-state index in [4.69, 9.17) is 9.47 Å². The second-order valence-electron chi connectivity index (χ2n) is 4.99. The molecule has 1 aromatic rings. The van der Waals surface area contributed by atoms with Crippen molar-refractivity contribution in [2.24, 2.45) is 0 Å². The van der Waals surface area contributed by atoms with Gasteiger partial charge in [0.1, 0.15) is 0 Å². The quantitative estimate of drug-likeness (QED) is 0.745. The van der Waals surface area contributed by atoms with E-state index in [1.54, 1.807) is 14.2 Å². The summed E-state index contributed by atoms with van der Waals surface area (Å²) in [5.41, 5.74) is 1.42. The molecule has 2 nitrogen and oxygen atoms in total. The molecule has 1 fully saturated rings. The summed E-state index contributed by atoms with van der Waals surface area (Å²) in [4.78, 5) is 0. The minimum Gasteiger partial charge on any atom is -0.493 e. The van der Waals surface area contributed by atoms with Gasteiger partial charge in [0.2, 0.25) is 0 Å². The molecule has 2 rings (SSSR count). The zero-order chi connectivity index (χ0) is 13.0. The van der Waals surface area contributed by atoms with Crippen LogP contribution in [0.1, 0.15) is 37.7 Å². The predicted molar refractivity (Wildman–Crippen MR) is 74.5 cm³/mol. The van der Waals surface area contributed by atoms with Gasteiger partial charge in [0.25, 0.3) is 0 Å². The highest BCUT2D eigenvalue weighted by Gasteiger charge is 2.31. The molecule has 0 unspecified atom stereocenters. The van der Waals surface area contributed by atoms with Gasteiger partial charge in [0, 0.05) is 5.41 Å². The van der Waals surface area contributed by atoms with Gasteiger partial charge in [-0.05, 0) is 30.5 Å². The number of methoxy groups -OCH3 is 2. The summed E-state index contributed by atoms with van der Waals surface area (Å²) >= 11 is 0. The standard InChI is InChI=1S/C16H22O2/c1-4-16(10-6-5-7-11-16)13-8-9-14(17-2)15(12-13)18-3/h4,8-9,12H,1,5-7,10-11H2,2-3H3. The summed E-state index contributed by atoms with van der Waals surface area (Å²) in [6.45, 7) is 4.06. The molecule has 2 heteroatoms. The summed E-state index contributed by atoms with van der Waals surface area (Å²) in [7, 11) is 3.35. The van der Waals surface area contributed by atoms with Crippen LogP contribution in [0.2, 0.25) is 0 Å². The summed E-state index contributed by atoms with van der Waals surface area (Å²) < 4.78 is 10.7. The molecule has 1 aliphatic rings. The van der Waals surface area contributed by atoms with Gasteiger partial charge in [-0.2, -0.15) is 0 Å². The first-order valence-corrected chi connectivity index (χ1v) is 6.62. The van der Waals surface area contributed by atoms with Crippen molar-refractivity contribution in [3.8, 4) is 11.5 Å². The number of hydrogen-bond donors (Lipinski definition) is 0. The number of hydrogen-bond acceptors (Lipinski definition) is 2. The van der Waals surface area contributed by atoms with Crippen molar-refractivity contribution in [2.75, 3.05) is 14.2 Å². The van der Waals surface area contributed by atoms with Crippen LogP contribution in [0.4, 0.5) is 0 Å². The topological polar surface area (TPSA) is 18.5 Å². The largest absolute Gasteiger partial charge is 0.493 e. The van der Waals surface area contributed by atoms with E-state index in [1.165, 1.54) is 37.7 Å². The molecule has 0 aromatic heterocycles. The van der Waals surface area contributed by atoms with Gasteiger partial charge in [0.15, 0.2) is 11.5 Å². The lowest BCUT2D eigenvalue weighted by Gasteiger charge is -2.35. The van der Waals surface area contributed by atoms with Crippen molar-refractivity contribution in [3.63, 3.8) is 0 Å². The van der Waals surface area contributed by atoms with Crippen LogP contribution in [-0.2, 0) is 5.41 Å². The maximum absolute atomic E-state index is 5.40. The fraction of sp³-hybridized carbons (Fsp3) is 0.500. The van der Waals surface area contributed by atoms with Crippen LogP contribution in [0, 0.1) is 0 Å². The summed E-state index contributed by atoms with van der Waals surface area (Å²) in [5.74, 6) is 1.60. The highest BCUT2D eigenvalue weighted by molar-refractivity contribution is 5.46. The molecule has 1 aromatic carbocycles. The van der Waals surface area contributed by atoms with Gasteiger partial charge in [-0.25, -0.2) is 0 Å². The lowest BCUT2D eigenvalue weighted by Crippen LogP contribution is -2.26. The molecule has 0 radical (unpaired) electrons. The maximum atomic E-state index is 5.40. The van der Waals surface area contributed by atoms with E-state index in [9.17, 15) is 0 Å². The Kier molecular flexibility index (Phi) is 3.95. The summed E-state index contributed by atoms with van der Waals surface area (Å²) in [5, 5.41) is 0. The average molecular weight is 246 g/mol. The van der Waals surface area contributed by atoms with Gasteiger partial charge >= 0.3 is 0 Å². The molecule has 0 aliphatic heterocycles. The Bertz CT molecular complexity index is 417. The molecule has 0 heterocycles. The molecule has 18 heavy (non-hydrogen) atoms. The van der Waals surface area contributed by atoms with E-state index < -0.39 is 0 Å². The molecule has 0 N–H and O–H groups in total. The number of rotatable bonds is 4. The molecule has 98 valence electrons. The Hall–Kier alpha value is -1.44. The molecule has 1 aliphatic carbocycles. The van der Waals surface area contributed by atoms with E-state index in [-0.39, 0.29) is 5.41 Å². The van der Waals surface area contributed by atoms with Crippen LogP contribution in [0.5, 0.6) is 11.5 Å². The van der Waals surface area contributed by atoms with E-state index in [0.29, 0.717) is 0 Å². The number of allylic oxidation sites excluding steroid dienone is 1. The molecular formula is C16H22O2. The van der Waals surface area contributed by atoms with Gasteiger partial charge in [-0.15, -0.1) is 6.58 Å². The Labute approximate surface area is 110 Å². The molecule has 1 saturated carbocycles. The van der Waals surface area contributed by atoms with Crippen LogP contribution in [0.15, 0.2) is 30.9 Å². The predicted octanol–water partition coefficient (Wildman–Crippen LogP) is 4.09. The zero-order valence-electron chi connectivity index (χ0n) is 11.4. The first-order chi connectivity index (χ1) is 8.75. The monoisotopic (exact) mass is 246 g/mol. The first kappa shape index (κ1) is 13.0. The lowest BCUT2D eigenvalue weighted by atomic mass is 9.69. The zero-order valence-corrected chi connectivity index (χ0v) is 11.4. The van der Waals surface area contributed by atoms with Crippen molar-refractivity contribution in [1.29, 1.82) is 0 Å². The molecule has 0 amide bonds. The third-order valence-corrected chi connectivity index (χ3v) is 4.09. The van der Waals surface area contributed by atoms with Gasteiger partial charge in [0.05, 0.1) is 14.2 Å². The number of ether oxygens (including phenoxy) is 2. The smallest absolute Gasteiger partial charge is 0.161 e. The van der Waals surface area contributed by atoms with Crippen molar-refractivity contribution in [1.82, 2.24) is 0 Å². The van der Waals surface area contributed by atoms with E-state index >= 15 is 0 Å². The highest BCUT2D eigenvalue weighted by Crippen LogP contribution is 2.42. The van der Waals surface area contributed by atoms with Crippen LogP contribution in [0.25, 0.3) is 0 Å². The molecule has 0 bridgehead atoms. The maximum Gasteiger partial charge on any atom is 0.161 e. The lowest BCUT2D eigenvalue weighted by molar-refractivity contribution is 0.342. The molecule has 0 saturated heterocycles. The van der Waals surface area contributed by atoms with E-state index in [2.05, 4.69) is 24.8 Å². The Balaban J connectivity index is 2.39. The Morgan fingerprint density at radius 1 is 1.06 bits per heavy atom. The van der Waals surface area contributed by atoms with Crippen molar-refractivity contribution < 1.29 is 9.47 Å². The minimum atomic E-state index is 0.123. The minimum absolute atomic E-state index is 0.123. The van der Waals surface area contributed by atoms with Crippen LogP contribution in [-0.4, -0.2) is 14.2 Å². The van der Waals surface area contributed by atoms with Crippen LogP contribution >= 0.6 is 0 Å². The van der Waals surface area contributed by atoms with Gasteiger partial charge in [-0.1, -0.05) is 31.4 Å². The van der Waals surface area contributed by atoms with Crippen LogP contribution in [0.3, 0.4) is 0 Å².